The molecule has 0 amide bonds. The van der Waals surface area contributed by atoms with Gasteiger partial charge in [-0.1, -0.05) is 225 Å². The number of aliphatic hydroxyl groups is 1. The monoisotopic (exact) mass is 649 g/mol. The maximum absolute atomic E-state index is 8.79. The molecule has 0 radical (unpaired) electrons. The average Bonchev–Trinajstić information content (AvgIpc) is 2.98. The summed E-state index contributed by atoms with van der Waals surface area (Å²) in [6.45, 7) is 0.372. The Balaban J connectivity index is 3.03. The molecule has 0 fully saturated rings. The average molecular weight is 650 g/mol. The number of aliphatic hydroxyl groups excluding tert-OH is 1. The van der Waals surface area contributed by atoms with Crippen LogP contribution in [-0.2, 0) is 0 Å². The summed E-state index contributed by atoms with van der Waals surface area (Å²) in [5.41, 5.74) is 0. The molecule has 0 saturated carbocycles. The molecule has 0 spiro atoms. The van der Waals surface area contributed by atoms with Crippen molar-refractivity contribution in [1.82, 2.24) is 0 Å². The minimum atomic E-state index is -1.34. The van der Waals surface area contributed by atoms with Crippen LogP contribution >= 0.6 is 22.2 Å². The molecule has 0 heterocycles. The van der Waals surface area contributed by atoms with Crippen LogP contribution in [0.15, 0.2) is 0 Å². The molecule has 0 aliphatic heterocycles. The molecular weight excluding hydrogens is 571 g/mol. The summed E-state index contributed by atoms with van der Waals surface area (Å²) in [6, 6.07) is 1.10. The molecule has 0 atom stereocenters. The van der Waals surface area contributed by atoms with Crippen molar-refractivity contribution in [2.24, 2.45) is 0 Å². The predicted octanol–water partition coefficient (Wildman–Crippen LogP) is 14.7. The van der Waals surface area contributed by atoms with Crippen LogP contribution in [0.1, 0.15) is 231 Å². The van der Waals surface area contributed by atoms with Crippen molar-refractivity contribution in [2.45, 2.75) is 237 Å². The first-order valence-corrected chi connectivity index (χ1v) is 24.0. The molecule has 0 aliphatic carbocycles. The highest BCUT2D eigenvalue weighted by Gasteiger charge is 2.01. The quantitative estimate of drug-likeness (QED) is 0.0401. The van der Waals surface area contributed by atoms with Crippen molar-refractivity contribution in [3.8, 4) is 0 Å². The van der Waals surface area contributed by atoms with Gasteiger partial charge in [-0.15, -0.1) is 0 Å². The first kappa shape index (κ1) is 42.8. The molecule has 0 aliphatic rings. The van der Waals surface area contributed by atoms with E-state index in [1.165, 1.54) is 225 Å². The number of halogens is 2. The van der Waals surface area contributed by atoms with Crippen LogP contribution in [0.3, 0.4) is 0 Å². The van der Waals surface area contributed by atoms with E-state index in [2.05, 4.69) is 0 Å². The van der Waals surface area contributed by atoms with Crippen LogP contribution < -0.4 is 0 Å². The maximum atomic E-state index is 8.79. The summed E-state index contributed by atoms with van der Waals surface area (Å²) in [4.78, 5) is 0. The lowest BCUT2D eigenvalue weighted by Gasteiger charge is -2.05. The van der Waals surface area contributed by atoms with E-state index in [1.54, 1.807) is 0 Å². The maximum Gasteiger partial charge on any atom is 0.237 e. The Bertz CT molecular complexity index is 462. The number of rotatable bonds is 38. The van der Waals surface area contributed by atoms with Gasteiger partial charge in [-0.05, 0) is 12.5 Å². The zero-order valence-corrected chi connectivity index (χ0v) is 31.3. The summed E-state index contributed by atoms with van der Waals surface area (Å²) in [5, 5.41) is 8.79. The highest BCUT2D eigenvalue weighted by atomic mass is 35.7. The fourth-order valence-electron chi connectivity index (χ4n) is 6.42. The largest absolute Gasteiger partial charge is 0.396 e. The van der Waals surface area contributed by atoms with Crippen LogP contribution in [0.4, 0.5) is 0 Å². The Kier molecular flexibility index (Phi) is 40.5. The third kappa shape index (κ3) is 40.8. The van der Waals surface area contributed by atoms with E-state index < -0.39 is 7.42 Å². The van der Waals surface area contributed by atoms with Crippen molar-refractivity contribution < 1.29 is 5.11 Å². The normalized spacial score (nSPS) is 11.7. The van der Waals surface area contributed by atoms with Gasteiger partial charge >= 0.3 is 0 Å². The number of hydrogen-bond donors (Lipinski definition) is 1. The third-order valence-electron chi connectivity index (χ3n) is 9.33. The topological polar surface area (TPSA) is 20.2 Å². The molecule has 42 heavy (non-hydrogen) atoms. The molecule has 0 aromatic carbocycles. The Morgan fingerprint density at radius 3 is 0.524 bits per heavy atom. The van der Waals surface area contributed by atoms with Gasteiger partial charge in [0.05, 0.1) is 0 Å². The fraction of sp³-hybridized carbons (Fsp3) is 1.00. The zero-order valence-electron chi connectivity index (χ0n) is 28.7. The van der Waals surface area contributed by atoms with Crippen LogP contribution in [0.2, 0.25) is 6.04 Å². The highest BCUT2D eigenvalue weighted by molar-refractivity contribution is 7.33. The standard InChI is InChI=1S/C38H78Cl2OSi/c39-42(40)38-36-34-32-30-28-26-24-22-20-18-16-14-12-10-8-6-4-2-1-3-5-7-9-11-13-15-17-19-21-23-25-27-29-31-33-35-37-41/h41-42H,1-38H2. The summed E-state index contributed by atoms with van der Waals surface area (Å²) >= 11 is 11.8. The van der Waals surface area contributed by atoms with Gasteiger partial charge in [0, 0.05) is 6.61 Å². The van der Waals surface area contributed by atoms with Gasteiger partial charge in [0.15, 0.2) is 0 Å². The summed E-state index contributed by atoms with van der Waals surface area (Å²) < 4.78 is 0. The molecule has 254 valence electrons. The Labute approximate surface area is 277 Å². The summed E-state index contributed by atoms with van der Waals surface area (Å²) in [5.74, 6) is 0. The molecular formula is C38H78Cl2OSi. The van der Waals surface area contributed by atoms with E-state index in [4.69, 9.17) is 27.3 Å². The molecule has 0 unspecified atom stereocenters. The first-order valence-electron chi connectivity index (χ1n) is 19.7. The molecule has 0 aromatic heterocycles. The van der Waals surface area contributed by atoms with Gasteiger partial charge in [0.1, 0.15) is 0 Å². The van der Waals surface area contributed by atoms with E-state index in [1.807, 2.05) is 0 Å². The lowest BCUT2D eigenvalue weighted by Crippen LogP contribution is -1.91. The molecule has 0 rings (SSSR count). The van der Waals surface area contributed by atoms with Gasteiger partial charge in [-0.2, -0.15) is 22.2 Å². The van der Waals surface area contributed by atoms with Gasteiger partial charge < -0.3 is 5.11 Å². The van der Waals surface area contributed by atoms with Crippen molar-refractivity contribution in [3.63, 3.8) is 0 Å². The van der Waals surface area contributed by atoms with Gasteiger partial charge in [-0.25, -0.2) is 0 Å². The van der Waals surface area contributed by atoms with Crippen LogP contribution in [0.5, 0.6) is 0 Å². The molecule has 1 N–H and O–H groups in total. The van der Waals surface area contributed by atoms with E-state index in [0.717, 1.165) is 12.5 Å². The van der Waals surface area contributed by atoms with Crippen molar-refractivity contribution >= 4 is 29.6 Å². The second-order valence-corrected chi connectivity index (χ2v) is 18.8. The molecule has 0 bridgehead atoms. The van der Waals surface area contributed by atoms with Crippen molar-refractivity contribution in [3.05, 3.63) is 0 Å². The smallest absolute Gasteiger partial charge is 0.237 e. The SMILES string of the molecule is OCCCCCCCCCCCCCCCCCCCCCCCCCCCCCCCCCCCCCC[SiH](Cl)Cl. The zero-order chi connectivity index (χ0) is 30.4. The van der Waals surface area contributed by atoms with Gasteiger partial charge in [0.2, 0.25) is 7.42 Å². The van der Waals surface area contributed by atoms with Crippen molar-refractivity contribution in [1.29, 1.82) is 0 Å². The van der Waals surface area contributed by atoms with Gasteiger partial charge in [-0.3, -0.25) is 0 Å². The lowest BCUT2D eigenvalue weighted by atomic mass is 10.0. The van der Waals surface area contributed by atoms with Crippen LogP contribution in [0.25, 0.3) is 0 Å². The van der Waals surface area contributed by atoms with E-state index >= 15 is 0 Å². The molecule has 1 nitrogen and oxygen atoms in total. The first-order chi connectivity index (χ1) is 20.8. The summed E-state index contributed by atoms with van der Waals surface area (Å²) in [6.07, 6.45) is 51.3. The van der Waals surface area contributed by atoms with Crippen molar-refractivity contribution in [2.75, 3.05) is 6.61 Å². The number of unbranched alkanes of at least 4 members (excludes halogenated alkanes) is 35. The van der Waals surface area contributed by atoms with E-state index in [-0.39, 0.29) is 0 Å². The molecule has 4 heteroatoms. The second kappa shape index (κ2) is 39.8. The Hall–Kier alpha value is 0.757. The third-order valence-corrected chi connectivity index (χ3v) is 11.5. The highest BCUT2D eigenvalue weighted by Crippen LogP contribution is 2.18. The second-order valence-electron chi connectivity index (χ2n) is 13.6. The number of hydrogen-bond acceptors (Lipinski definition) is 1. The lowest BCUT2D eigenvalue weighted by molar-refractivity contribution is 0.282. The minimum absolute atomic E-state index is 0.372. The van der Waals surface area contributed by atoms with E-state index in [0.29, 0.717) is 6.61 Å². The molecule has 0 aromatic rings. The fourth-order valence-corrected chi connectivity index (χ4v) is 7.94. The molecule has 0 saturated heterocycles. The van der Waals surface area contributed by atoms with Gasteiger partial charge in [0.25, 0.3) is 0 Å². The Morgan fingerprint density at radius 2 is 0.381 bits per heavy atom. The van der Waals surface area contributed by atoms with Crippen LogP contribution in [-0.4, -0.2) is 19.1 Å². The van der Waals surface area contributed by atoms with Crippen LogP contribution in [0, 0.1) is 0 Å². The summed E-state index contributed by atoms with van der Waals surface area (Å²) in [7, 11) is -1.34. The Morgan fingerprint density at radius 1 is 0.238 bits per heavy atom. The minimum Gasteiger partial charge on any atom is -0.396 e. The predicted molar refractivity (Wildman–Crippen MR) is 197 cm³/mol. The van der Waals surface area contributed by atoms with E-state index in [9.17, 15) is 0 Å².